The Labute approximate surface area is 133 Å². The minimum Gasteiger partial charge on any atom is -0.391 e. The molecule has 2 rings (SSSR count). The van der Waals surface area contributed by atoms with Gasteiger partial charge in [0, 0.05) is 12.0 Å². The van der Waals surface area contributed by atoms with E-state index < -0.39 is 23.8 Å². The molecule has 0 radical (unpaired) electrons. The summed E-state index contributed by atoms with van der Waals surface area (Å²) in [5.41, 5.74) is 6.21. The van der Waals surface area contributed by atoms with E-state index in [1.807, 2.05) is 18.2 Å². The van der Waals surface area contributed by atoms with Gasteiger partial charge >= 0.3 is 0 Å². The molecule has 3 N–H and O–H groups in total. The van der Waals surface area contributed by atoms with Crippen LogP contribution in [0.1, 0.15) is 17.2 Å². The zero-order valence-electron chi connectivity index (χ0n) is 11.0. The van der Waals surface area contributed by atoms with Crippen LogP contribution < -0.4 is 5.73 Å². The lowest BCUT2D eigenvalue weighted by molar-refractivity contribution is 0.141. The monoisotopic (exact) mass is 333 g/mol. The second-order valence-corrected chi connectivity index (χ2v) is 4.95. The van der Waals surface area contributed by atoms with Gasteiger partial charge in [-0.25, -0.2) is 8.78 Å². The lowest BCUT2D eigenvalue weighted by atomic mass is 9.96. The Morgan fingerprint density at radius 1 is 1.10 bits per heavy atom. The van der Waals surface area contributed by atoms with Gasteiger partial charge in [-0.05, 0) is 17.7 Å². The summed E-state index contributed by atoms with van der Waals surface area (Å²) in [5, 5.41) is 9.84. The van der Waals surface area contributed by atoms with Crippen molar-refractivity contribution in [2.75, 3.05) is 0 Å². The molecule has 0 saturated carbocycles. The summed E-state index contributed by atoms with van der Waals surface area (Å²) < 4.78 is 27.5. The summed E-state index contributed by atoms with van der Waals surface area (Å²) in [7, 11) is 0. The van der Waals surface area contributed by atoms with Crippen molar-refractivity contribution in [3.8, 4) is 0 Å². The highest BCUT2D eigenvalue weighted by Gasteiger charge is 2.25. The molecular weight excluding hydrogens is 319 g/mol. The number of nitrogens with two attached hydrogens (primary N) is 1. The van der Waals surface area contributed by atoms with Crippen LogP contribution in [-0.4, -0.2) is 11.2 Å². The summed E-state index contributed by atoms with van der Waals surface area (Å²) >= 11 is 5.62. The van der Waals surface area contributed by atoms with Crippen molar-refractivity contribution in [3.05, 3.63) is 70.2 Å². The number of rotatable bonds is 4. The van der Waals surface area contributed by atoms with Gasteiger partial charge in [0.05, 0.1) is 17.2 Å². The number of halogens is 4. The van der Waals surface area contributed by atoms with Crippen molar-refractivity contribution in [1.29, 1.82) is 0 Å². The average Bonchev–Trinajstić information content (AvgIpc) is 2.44. The van der Waals surface area contributed by atoms with Crippen molar-refractivity contribution in [2.45, 2.75) is 18.6 Å². The van der Waals surface area contributed by atoms with Gasteiger partial charge in [0.25, 0.3) is 0 Å². The molecule has 0 aliphatic heterocycles. The van der Waals surface area contributed by atoms with Gasteiger partial charge in [-0.3, -0.25) is 0 Å². The van der Waals surface area contributed by atoms with Gasteiger partial charge < -0.3 is 10.8 Å². The molecule has 0 saturated heterocycles. The topological polar surface area (TPSA) is 46.2 Å². The number of hydrogen-bond donors (Lipinski definition) is 2. The summed E-state index contributed by atoms with van der Waals surface area (Å²) in [6, 6.07) is 10.0. The van der Waals surface area contributed by atoms with Crippen LogP contribution in [0.25, 0.3) is 0 Å². The van der Waals surface area contributed by atoms with Gasteiger partial charge in [0.2, 0.25) is 0 Å². The van der Waals surface area contributed by atoms with E-state index in [0.29, 0.717) is 0 Å². The molecule has 2 nitrogen and oxygen atoms in total. The van der Waals surface area contributed by atoms with Crippen molar-refractivity contribution in [1.82, 2.24) is 0 Å². The first kappa shape index (κ1) is 17.9. The van der Waals surface area contributed by atoms with Crippen LogP contribution in [0.3, 0.4) is 0 Å². The van der Waals surface area contributed by atoms with Crippen molar-refractivity contribution in [3.63, 3.8) is 0 Å². The van der Waals surface area contributed by atoms with Crippen LogP contribution in [-0.2, 0) is 6.42 Å². The van der Waals surface area contributed by atoms with Crippen LogP contribution in [0.2, 0.25) is 5.02 Å². The van der Waals surface area contributed by atoms with Crippen LogP contribution in [0.15, 0.2) is 42.5 Å². The van der Waals surface area contributed by atoms with E-state index in [4.69, 9.17) is 17.3 Å². The van der Waals surface area contributed by atoms with Crippen molar-refractivity contribution < 1.29 is 13.9 Å². The SMILES string of the molecule is Cl.N[C@H](c1c(F)ccc(Cl)c1F)[C@@H](O)Cc1ccccc1. The molecule has 2 atom stereocenters. The van der Waals surface area contributed by atoms with Gasteiger partial charge in [-0.2, -0.15) is 0 Å². The molecule has 0 fully saturated rings. The highest BCUT2D eigenvalue weighted by Crippen LogP contribution is 2.27. The van der Waals surface area contributed by atoms with Crippen LogP contribution in [0, 0.1) is 11.6 Å². The minimum absolute atomic E-state index is 0. The molecule has 0 spiro atoms. The Morgan fingerprint density at radius 3 is 2.33 bits per heavy atom. The Hall–Kier alpha value is -1.20. The van der Waals surface area contributed by atoms with Crippen molar-refractivity contribution >= 4 is 24.0 Å². The molecule has 0 heterocycles. The molecule has 0 amide bonds. The Morgan fingerprint density at radius 2 is 1.71 bits per heavy atom. The van der Waals surface area contributed by atoms with E-state index >= 15 is 0 Å². The number of aliphatic hydroxyl groups is 1. The highest BCUT2D eigenvalue weighted by molar-refractivity contribution is 6.30. The first-order chi connectivity index (χ1) is 9.50. The molecule has 0 aliphatic rings. The van der Waals surface area contributed by atoms with Crippen LogP contribution in [0.4, 0.5) is 8.78 Å². The Bertz CT molecular complexity index is 596. The maximum atomic E-state index is 13.8. The number of hydrogen-bond acceptors (Lipinski definition) is 2. The van der Waals surface area contributed by atoms with Gasteiger partial charge in [-0.15, -0.1) is 12.4 Å². The van der Waals surface area contributed by atoms with E-state index in [1.165, 1.54) is 0 Å². The largest absolute Gasteiger partial charge is 0.391 e. The fourth-order valence-electron chi connectivity index (χ4n) is 2.02. The second kappa shape index (κ2) is 7.71. The molecular formula is C15H15Cl2F2NO. The predicted octanol–water partition coefficient (Wildman–Crippen LogP) is 3.64. The fraction of sp³-hybridized carbons (Fsp3) is 0.200. The summed E-state index contributed by atoms with van der Waals surface area (Å²) in [6.07, 6.45) is -0.909. The molecule has 2 aromatic carbocycles. The average molecular weight is 334 g/mol. The van der Waals surface area contributed by atoms with Crippen LogP contribution >= 0.6 is 24.0 Å². The Balaban J connectivity index is 0.00000220. The summed E-state index contributed by atoms with van der Waals surface area (Å²) in [6.45, 7) is 0. The molecule has 0 aromatic heterocycles. The van der Waals surface area contributed by atoms with Crippen molar-refractivity contribution in [2.24, 2.45) is 5.73 Å². The zero-order chi connectivity index (χ0) is 14.7. The van der Waals surface area contributed by atoms with Gasteiger partial charge in [-0.1, -0.05) is 41.9 Å². The lowest BCUT2D eigenvalue weighted by Crippen LogP contribution is -2.30. The zero-order valence-corrected chi connectivity index (χ0v) is 12.5. The quantitative estimate of drug-likeness (QED) is 0.839. The van der Waals surface area contributed by atoms with E-state index in [0.717, 1.165) is 17.7 Å². The molecule has 21 heavy (non-hydrogen) atoms. The molecule has 114 valence electrons. The van der Waals surface area contributed by atoms with Crippen LogP contribution in [0.5, 0.6) is 0 Å². The molecule has 6 heteroatoms. The standard InChI is InChI=1S/C15H14ClF2NO.ClH/c16-10-6-7-11(17)13(14(10)18)15(19)12(20)8-9-4-2-1-3-5-9;/h1-7,12,15,20H,8,19H2;1H/t12-,15-;/m0./s1. The number of benzene rings is 2. The first-order valence-electron chi connectivity index (χ1n) is 6.11. The van der Waals surface area contributed by atoms with E-state index in [1.54, 1.807) is 12.1 Å². The molecule has 2 aromatic rings. The predicted molar refractivity (Wildman–Crippen MR) is 81.7 cm³/mol. The second-order valence-electron chi connectivity index (χ2n) is 4.54. The Kier molecular flexibility index (Phi) is 6.55. The third kappa shape index (κ3) is 4.14. The number of aliphatic hydroxyl groups excluding tert-OH is 1. The lowest BCUT2D eigenvalue weighted by Gasteiger charge is -2.20. The summed E-state index contributed by atoms with van der Waals surface area (Å²) in [4.78, 5) is 0. The summed E-state index contributed by atoms with van der Waals surface area (Å²) in [5.74, 6) is -1.74. The minimum atomic E-state index is -1.19. The fourth-order valence-corrected chi connectivity index (χ4v) is 2.19. The third-order valence-corrected chi connectivity index (χ3v) is 3.41. The van der Waals surface area contributed by atoms with E-state index in [9.17, 15) is 13.9 Å². The molecule has 0 unspecified atom stereocenters. The third-order valence-electron chi connectivity index (χ3n) is 3.11. The maximum Gasteiger partial charge on any atom is 0.149 e. The van der Waals surface area contributed by atoms with E-state index in [-0.39, 0.29) is 29.4 Å². The maximum absolute atomic E-state index is 13.8. The molecule has 0 bridgehead atoms. The molecule has 0 aliphatic carbocycles. The van der Waals surface area contributed by atoms with Gasteiger partial charge in [0.15, 0.2) is 0 Å². The normalized spacial score (nSPS) is 13.4. The first-order valence-corrected chi connectivity index (χ1v) is 6.49. The van der Waals surface area contributed by atoms with Gasteiger partial charge in [0.1, 0.15) is 11.6 Å². The van der Waals surface area contributed by atoms with E-state index in [2.05, 4.69) is 0 Å². The smallest absolute Gasteiger partial charge is 0.149 e. The highest BCUT2D eigenvalue weighted by atomic mass is 35.5.